The molecule has 0 heterocycles. The lowest BCUT2D eigenvalue weighted by molar-refractivity contribution is 0.323. The molecular formula is C19H24N2O4S. The van der Waals surface area contributed by atoms with Crippen molar-refractivity contribution in [2.24, 2.45) is 5.10 Å². The summed E-state index contributed by atoms with van der Waals surface area (Å²) in [4.78, 5) is 2.41. The van der Waals surface area contributed by atoms with Gasteiger partial charge in [-0.15, -0.1) is 0 Å². The number of nitrogens with zero attached hydrogens (tertiary/aromatic N) is 1. The molecule has 0 radical (unpaired) electrons. The molecule has 0 spiro atoms. The second-order valence-corrected chi connectivity index (χ2v) is 7.33. The van der Waals surface area contributed by atoms with Crippen LogP contribution < -0.4 is 14.3 Å². The van der Waals surface area contributed by atoms with E-state index in [0.717, 1.165) is 11.1 Å². The summed E-state index contributed by atoms with van der Waals surface area (Å²) in [7, 11) is -3.73. The highest BCUT2D eigenvalue weighted by atomic mass is 32.2. The van der Waals surface area contributed by atoms with Gasteiger partial charge in [-0.3, -0.25) is 0 Å². The second kappa shape index (κ2) is 8.71. The van der Waals surface area contributed by atoms with E-state index in [4.69, 9.17) is 9.47 Å². The zero-order valence-corrected chi connectivity index (χ0v) is 16.3. The number of nitrogens with one attached hydrogen (secondary N) is 1. The van der Waals surface area contributed by atoms with Gasteiger partial charge in [0, 0.05) is 11.6 Å². The van der Waals surface area contributed by atoms with Crippen LogP contribution >= 0.6 is 0 Å². The van der Waals surface area contributed by atoms with Crippen LogP contribution in [0.3, 0.4) is 0 Å². The molecule has 2 rings (SSSR count). The molecule has 0 aromatic heterocycles. The molecule has 0 aliphatic carbocycles. The molecule has 0 saturated carbocycles. The van der Waals surface area contributed by atoms with Gasteiger partial charge in [0.25, 0.3) is 10.0 Å². The van der Waals surface area contributed by atoms with E-state index in [1.54, 1.807) is 36.4 Å². The maximum Gasteiger partial charge on any atom is 0.276 e. The van der Waals surface area contributed by atoms with Crippen LogP contribution in [-0.4, -0.2) is 27.8 Å². The molecule has 0 aliphatic heterocycles. The monoisotopic (exact) mass is 376 g/mol. The van der Waals surface area contributed by atoms with Gasteiger partial charge in [-0.25, -0.2) is 4.83 Å². The average Bonchev–Trinajstić information content (AvgIpc) is 2.59. The van der Waals surface area contributed by atoms with Crippen LogP contribution in [0, 0.1) is 13.8 Å². The number of benzene rings is 2. The summed E-state index contributed by atoms with van der Waals surface area (Å²) in [6.07, 6.45) is 1.42. The Kier molecular flexibility index (Phi) is 6.63. The van der Waals surface area contributed by atoms with Crippen LogP contribution in [0.25, 0.3) is 0 Å². The Morgan fingerprint density at radius 2 is 1.73 bits per heavy atom. The molecular weight excluding hydrogens is 352 g/mol. The Hall–Kier alpha value is -2.54. The molecule has 7 heteroatoms. The lowest BCUT2D eigenvalue weighted by Gasteiger charge is -2.10. The Morgan fingerprint density at radius 3 is 2.38 bits per heavy atom. The summed E-state index contributed by atoms with van der Waals surface area (Å²) in [6.45, 7) is 8.60. The van der Waals surface area contributed by atoms with E-state index in [9.17, 15) is 8.42 Å². The molecule has 0 unspecified atom stereocenters. The van der Waals surface area contributed by atoms with E-state index in [0.29, 0.717) is 30.3 Å². The standard InChI is InChI=1S/C19H24N2O4S/c1-5-24-17-9-8-16(19(12-17)25-6-2)13-20-21-26(22,23)18-10-7-14(3)15(4)11-18/h7-13,21H,5-6H2,1-4H3/b20-13+. The summed E-state index contributed by atoms with van der Waals surface area (Å²) in [5, 5.41) is 3.88. The van der Waals surface area contributed by atoms with Crippen LogP contribution in [-0.2, 0) is 10.0 Å². The first-order valence-corrected chi connectivity index (χ1v) is 9.87. The minimum Gasteiger partial charge on any atom is -0.494 e. The number of sulfonamides is 1. The molecule has 0 atom stereocenters. The fraction of sp³-hybridized carbons (Fsp3) is 0.316. The Morgan fingerprint density at radius 1 is 1.00 bits per heavy atom. The molecule has 0 fully saturated rings. The zero-order valence-electron chi connectivity index (χ0n) is 15.4. The largest absolute Gasteiger partial charge is 0.494 e. The molecule has 2 aromatic carbocycles. The Balaban J connectivity index is 2.19. The third-order valence-corrected chi connectivity index (χ3v) is 4.98. The lowest BCUT2D eigenvalue weighted by atomic mass is 10.1. The van der Waals surface area contributed by atoms with E-state index in [2.05, 4.69) is 9.93 Å². The second-order valence-electron chi connectivity index (χ2n) is 5.66. The summed E-state index contributed by atoms with van der Waals surface area (Å²) in [6, 6.07) is 10.3. The molecule has 0 aliphatic rings. The summed E-state index contributed by atoms with van der Waals surface area (Å²) in [5.41, 5.74) is 2.59. The van der Waals surface area contributed by atoms with Crippen LogP contribution in [0.2, 0.25) is 0 Å². The lowest BCUT2D eigenvalue weighted by Crippen LogP contribution is -2.18. The summed E-state index contributed by atoms with van der Waals surface area (Å²) < 4.78 is 35.7. The van der Waals surface area contributed by atoms with Gasteiger partial charge in [0.05, 0.1) is 24.3 Å². The van der Waals surface area contributed by atoms with Gasteiger partial charge in [-0.2, -0.15) is 13.5 Å². The van der Waals surface area contributed by atoms with Crippen molar-refractivity contribution in [2.75, 3.05) is 13.2 Å². The highest BCUT2D eigenvalue weighted by molar-refractivity contribution is 7.89. The topological polar surface area (TPSA) is 77.0 Å². The van der Waals surface area contributed by atoms with E-state index >= 15 is 0 Å². The number of ether oxygens (including phenoxy) is 2. The van der Waals surface area contributed by atoms with Crippen molar-refractivity contribution >= 4 is 16.2 Å². The van der Waals surface area contributed by atoms with E-state index in [1.807, 2.05) is 27.7 Å². The van der Waals surface area contributed by atoms with E-state index < -0.39 is 10.0 Å². The molecule has 26 heavy (non-hydrogen) atoms. The first-order chi connectivity index (χ1) is 12.4. The number of hydrazone groups is 1. The SMILES string of the molecule is CCOc1ccc(/C=N/NS(=O)(=O)c2ccc(C)c(C)c2)c(OCC)c1. The van der Waals surface area contributed by atoms with Crippen molar-refractivity contribution in [3.63, 3.8) is 0 Å². The van der Waals surface area contributed by atoms with E-state index in [-0.39, 0.29) is 4.90 Å². The van der Waals surface area contributed by atoms with Crippen molar-refractivity contribution in [2.45, 2.75) is 32.6 Å². The van der Waals surface area contributed by atoms with Gasteiger partial charge in [0.15, 0.2) is 0 Å². The molecule has 2 aromatic rings. The molecule has 0 amide bonds. The summed E-state index contributed by atoms with van der Waals surface area (Å²) >= 11 is 0. The van der Waals surface area contributed by atoms with Gasteiger partial charge in [-0.05, 0) is 63.1 Å². The number of hydrogen-bond donors (Lipinski definition) is 1. The minimum absolute atomic E-state index is 0.175. The van der Waals surface area contributed by atoms with Gasteiger partial charge in [-0.1, -0.05) is 6.07 Å². The average molecular weight is 376 g/mol. The van der Waals surface area contributed by atoms with Gasteiger partial charge < -0.3 is 9.47 Å². The predicted octanol–water partition coefficient (Wildman–Crippen LogP) is 3.41. The minimum atomic E-state index is -3.73. The van der Waals surface area contributed by atoms with Crippen LogP contribution in [0.1, 0.15) is 30.5 Å². The predicted molar refractivity (Wildman–Crippen MR) is 103 cm³/mol. The van der Waals surface area contributed by atoms with Crippen LogP contribution in [0.5, 0.6) is 11.5 Å². The normalized spacial score (nSPS) is 11.5. The van der Waals surface area contributed by atoms with Crippen LogP contribution in [0.15, 0.2) is 46.4 Å². The van der Waals surface area contributed by atoms with Crippen molar-refractivity contribution in [1.82, 2.24) is 4.83 Å². The van der Waals surface area contributed by atoms with Crippen LogP contribution in [0.4, 0.5) is 0 Å². The van der Waals surface area contributed by atoms with Crippen molar-refractivity contribution in [1.29, 1.82) is 0 Å². The molecule has 6 nitrogen and oxygen atoms in total. The third kappa shape index (κ3) is 4.98. The van der Waals surface area contributed by atoms with Gasteiger partial charge in [0.1, 0.15) is 11.5 Å². The van der Waals surface area contributed by atoms with Crippen molar-refractivity contribution < 1.29 is 17.9 Å². The molecule has 140 valence electrons. The molecule has 0 bridgehead atoms. The Bertz CT molecular complexity index is 892. The van der Waals surface area contributed by atoms with Gasteiger partial charge >= 0.3 is 0 Å². The van der Waals surface area contributed by atoms with E-state index in [1.165, 1.54) is 6.21 Å². The van der Waals surface area contributed by atoms with Crippen molar-refractivity contribution in [3.05, 3.63) is 53.1 Å². The molecule has 0 saturated heterocycles. The first kappa shape index (κ1) is 19.8. The number of aryl methyl sites for hydroxylation is 2. The highest BCUT2D eigenvalue weighted by Crippen LogP contribution is 2.24. The zero-order chi connectivity index (χ0) is 19.2. The summed E-state index contributed by atoms with van der Waals surface area (Å²) in [5.74, 6) is 1.26. The number of hydrogen-bond acceptors (Lipinski definition) is 5. The maximum absolute atomic E-state index is 12.4. The molecule has 1 N–H and O–H groups in total. The van der Waals surface area contributed by atoms with Gasteiger partial charge in [0.2, 0.25) is 0 Å². The maximum atomic E-state index is 12.4. The fourth-order valence-corrected chi connectivity index (χ4v) is 3.13. The fourth-order valence-electron chi connectivity index (χ4n) is 2.26. The van der Waals surface area contributed by atoms with Crippen molar-refractivity contribution in [3.8, 4) is 11.5 Å². The quantitative estimate of drug-likeness (QED) is 0.566. The smallest absolute Gasteiger partial charge is 0.276 e. The highest BCUT2D eigenvalue weighted by Gasteiger charge is 2.13. The Labute approximate surface area is 154 Å². The number of rotatable bonds is 8. The third-order valence-electron chi connectivity index (χ3n) is 3.76. The first-order valence-electron chi connectivity index (χ1n) is 8.39.